The van der Waals surface area contributed by atoms with E-state index < -0.39 is 0 Å². The molecule has 8 nitrogen and oxygen atoms in total. The summed E-state index contributed by atoms with van der Waals surface area (Å²) in [6.07, 6.45) is 5.60. The third-order valence-corrected chi connectivity index (χ3v) is 5.06. The van der Waals surface area contributed by atoms with Gasteiger partial charge in [0.2, 0.25) is 5.89 Å². The lowest BCUT2D eigenvalue weighted by Crippen LogP contribution is -2.45. The minimum atomic E-state index is -0.0567. The van der Waals surface area contributed by atoms with Crippen molar-refractivity contribution in [1.29, 1.82) is 0 Å². The molecule has 1 atom stereocenters. The molecule has 0 unspecified atom stereocenters. The van der Waals surface area contributed by atoms with Gasteiger partial charge in [-0.25, -0.2) is 4.79 Å². The largest absolute Gasteiger partial charge is 0.340 e. The van der Waals surface area contributed by atoms with E-state index in [1.165, 1.54) is 0 Å². The van der Waals surface area contributed by atoms with E-state index in [1.54, 1.807) is 13.1 Å². The molecule has 1 saturated heterocycles. The van der Waals surface area contributed by atoms with Crippen molar-refractivity contribution >= 4 is 6.03 Å². The van der Waals surface area contributed by atoms with Crippen molar-refractivity contribution in [3.05, 3.63) is 65.6 Å². The number of aromatic nitrogens is 4. The Kier molecular flexibility index (Phi) is 5.36. The molecule has 0 spiro atoms. The highest BCUT2D eigenvalue weighted by molar-refractivity contribution is 5.74. The SMILES string of the molecule is Cc1nc([C@@H]2CCCN(C(=O)NCc3ccccc3Cn3cccn3)C2)no1. The lowest BCUT2D eigenvalue weighted by Gasteiger charge is -2.31. The van der Waals surface area contributed by atoms with Crippen LogP contribution >= 0.6 is 0 Å². The summed E-state index contributed by atoms with van der Waals surface area (Å²) < 4.78 is 6.97. The van der Waals surface area contributed by atoms with Gasteiger partial charge in [0.25, 0.3) is 0 Å². The molecule has 146 valence electrons. The summed E-state index contributed by atoms with van der Waals surface area (Å²) in [5, 5.41) is 11.3. The van der Waals surface area contributed by atoms with E-state index in [4.69, 9.17) is 4.52 Å². The molecular formula is C20H24N6O2. The van der Waals surface area contributed by atoms with Gasteiger partial charge in [0.1, 0.15) is 0 Å². The van der Waals surface area contributed by atoms with Crippen LogP contribution in [0.15, 0.2) is 47.2 Å². The van der Waals surface area contributed by atoms with Crippen LogP contribution in [0.4, 0.5) is 4.79 Å². The highest BCUT2D eigenvalue weighted by atomic mass is 16.5. The van der Waals surface area contributed by atoms with Gasteiger partial charge in [-0.1, -0.05) is 29.4 Å². The first kappa shape index (κ1) is 18.2. The van der Waals surface area contributed by atoms with Gasteiger partial charge in [0, 0.05) is 44.9 Å². The van der Waals surface area contributed by atoms with Crippen LogP contribution in [0, 0.1) is 6.92 Å². The summed E-state index contributed by atoms with van der Waals surface area (Å²) in [6, 6.07) is 9.95. The molecule has 0 aliphatic carbocycles. The van der Waals surface area contributed by atoms with Crippen molar-refractivity contribution in [2.24, 2.45) is 0 Å². The Morgan fingerprint density at radius 2 is 2.14 bits per heavy atom. The van der Waals surface area contributed by atoms with Crippen LogP contribution in [0.25, 0.3) is 0 Å². The Morgan fingerprint density at radius 3 is 2.89 bits per heavy atom. The summed E-state index contributed by atoms with van der Waals surface area (Å²) in [4.78, 5) is 18.9. The second-order valence-electron chi connectivity index (χ2n) is 7.09. The number of hydrogen-bond donors (Lipinski definition) is 1. The van der Waals surface area contributed by atoms with Crippen LogP contribution in [0.2, 0.25) is 0 Å². The molecule has 28 heavy (non-hydrogen) atoms. The zero-order valence-electron chi connectivity index (χ0n) is 15.9. The number of benzene rings is 1. The molecule has 8 heteroatoms. The number of aryl methyl sites for hydroxylation is 1. The monoisotopic (exact) mass is 380 g/mol. The Balaban J connectivity index is 1.36. The maximum absolute atomic E-state index is 12.7. The van der Waals surface area contributed by atoms with E-state index in [0.29, 0.717) is 31.3 Å². The molecule has 1 fully saturated rings. The van der Waals surface area contributed by atoms with Gasteiger partial charge in [-0.2, -0.15) is 10.1 Å². The highest BCUT2D eigenvalue weighted by Gasteiger charge is 2.27. The Labute approximate surface area is 163 Å². The molecule has 0 bridgehead atoms. The number of carbonyl (C=O) groups is 1. The van der Waals surface area contributed by atoms with Crippen LogP contribution < -0.4 is 5.32 Å². The molecular weight excluding hydrogens is 356 g/mol. The summed E-state index contributed by atoms with van der Waals surface area (Å²) in [7, 11) is 0. The average molecular weight is 380 g/mol. The molecule has 4 rings (SSSR count). The van der Waals surface area contributed by atoms with Crippen molar-refractivity contribution in [3.63, 3.8) is 0 Å². The Morgan fingerprint density at radius 1 is 1.29 bits per heavy atom. The minimum absolute atomic E-state index is 0.0567. The van der Waals surface area contributed by atoms with E-state index in [9.17, 15) is 4.79 Å². The first-order chi connectivity index (χ1) is 13.7. The average Bonchev–Trinajstić information content (AvgIpc) is 3.39. The number of urea groups is 1. The van der Waals surface area contributed by atoms with Crippen LogP contribution in [-0.2, 0) is 13.1 Å². The molecule has 0 saturated carbocycles. The van der Waals surface area contributed by atoms with Crippen molar-refractivity contribution in [3.8, 4) is 0 Å². The van der Waals surface area contributed by atoms with Gasteiger partial charge in [-0.15, -0.1) is 0 Å². The van der Waals surface area contributed by atoms with Crippen molar-refractivity contribution in [1.82, 2.24) is 30.1 Å². The van der Waals surface area contributed by atoms with Crippen LogP contribution in [0.3, 0.4) is 0 Å². The van der Waals surface area contributed by atoms with Crippen LogP contribution in [0.5, 0.6) is 0 Å². The number of rotatable bonds is 5. The first-order valence-corrected chi connectivity index (χ1v) is 9.56. The van der Waals surface area contributed by atoms with Crippen molar-refractivity contribution < 1.29 is 9.32 Å². The van der Waals surface area contributed by atoms with E-state index >= 15 is 0 Å². The number of piperidine rings is 1. The molecule has 1 aliphatic rings. The summed E-state index contributed by atoms with van der Waals surface area (Å²) in [5.74, 6) is 1.38. The maximum Gasteiger partial charge on any atom is 0.317 e. The molecule has 2 amide bonds. The molecule has 1 aliphatic heterocycles. The van der Waals surface area contributed by atoms with E-state index in [0.717, 1.165) is 30.5 Å². The third kappa shape index (κ3) is 4.21. The molecule has 0 radical (unpaired) electrons. The maximum atomic E-state index is 12.7. The summed E-state index contributed by atoms with van der Waals surface area (Å²) in [5.41, 5.74) is 2.24. The van der Waals surface area contributed by atoms with Gasteiger partial charge >= 0.3 is 6.03 Å². The zero-order chi connectivity index (χ0) is 19.3. The van der Waals surface area contributed by atoms with Gasteiger partial charge in [-0.3, -0.25) is 4.68 Å². The van der Waals surface area contributed by atoms with Gasteiger partial charge in [-0.05, 0) is 30.0 Å². The minimum Gasteiger partial charge on any atom is -0.340 e. The number of nitrogens with one attached hydrogen (secondary N) is 1. The van der Waals surface area contributed by atoms with Crippen molar-refractivity contribution in [2.45, 2.75) is 38.8 Å². The second-order valence-corrected chi connectivity index (χ2v) is 7.09. The second kappa shape index (κ2) is 8.24. The molecule has 3 aromatic rings. The van der Waals surface area contributed by atoms with Crippen LogP contribution in [0.1, 0.15) is 41.6 Å². The summed E-state index contributed by atoms with van der Waals surface area (Å²) >= 11 is 0. The molecule has 3 heterocycles. The quantitative estimate of drug-likeness (QED) is 0.735. The Hall–Kier alpha value is -3.16. The fraction of sp³-hybridized carbons (Fsp3) is 0.400. The molecule has 2 aromatic heterocycles. The fourth-order valence-corrected chi connectivity index (χ4v) is 3.59. The fourth-order valence-electron chi connectivity index (χ4n) is 3.59. The third-order valence-electron chi connectivity index (χ3n) is 5.06. The first-order valence-electron chi connectivity index (χ1n) is 9.56. The van der Waals surface area contributed by atoms with Gasteiger partial charge in [0.05, 0.1) is 6.54 Å². The topological polar surface area (TPSA) is 89.1 Å². The van der Waals surface area contributed by atoms with Crippen molar-refractivity contribution in [2.75, 3.05) is 13.1 Å². The number of nitrogens with zero attached hydrogens (tertiary/aromatic N) is 5. The van der Waals surface area contributed by atoms with E-state index in [2.05, 4.69) is 26.6 Å². The highest BCUT2D eigenvalue weighted by Crippen LogP contribution is 2.24. The predicted molar refractivity (Wildman–Crippen MR) is 103 cm³/mol. The molecule has 1 N–H and O–H groups in total. The van der Waals surface area contributed by atoms with Crippen LogP contribution in [-0.4, -0.2) is 43.9 Å². The molecule has 1 aromatic carbocycles. The smallest absolute Gasteiger partial charge is 0.317 e. The zero-order valence-corrected chi connectivity index (χ0v) is 15.9. The van der Waals surface area contributed by atoms with Gasteiger partial charge in [0.15, 0.2) is 5.82 Å². The number of likely N-dealkylation sites (tertiary alicyclic amines) is 1. The number of carbonyl (C=O) groups excluding carboxylic acids is 1. The standard InChI is InChI=1S/C20H24N6O2/c1-15-23-19(24-28-15)18-8-4-10-25(13-18)20(27)21-12-16-6-2-3-7-17(16)14-26-11-5-9-22-26/h2-3,5-7,9,11,18H,4,8,10,12-14H2,1H3,(H,21,27)/t18-/m1/s1. The normalized spacial score (nSPS) is 16.9. The summed E-state index contributed by atoms with van der Waals surface area (Å²) in [6.45, 7) is 4.30. The Bertz CT molecular complexity index is 920. The van der Waals surface area contributed by atoms with E-state index in [-0.39, 0.29) is 11.9 Å². The lowest BCUT2D eigenvalue weighted by molar-refractivity contribution is 0.177. The lowest BCUT2D eigenvalue weighted by atomic mass is 9.97. The van der Waals surface area contributed by atoms with E-state index in [1.807, 2.05) is 40.0 Å². The number of amides is 2. The predicted octanol–water partition coefficient (Wildman–Crippen LogP) is 2.71. The number of hydrogen-bond acceptors (Lipinski definition) is 5. The van der Waals surface area contributed by atoms with Gasteiger partial charge < -0.3 is 14.7 Å².